The summed E-state index contributed by atoms with van der Waals surface area (Å²) in [6.07, 6.45) is 3.21. The number of thioether (sulfide) groups is 1. The second-order valence-corrected chi connectivity index (χ2v) is 4.18. The molecule has 0 bridgehead atoms. The van der Waals surface area contributed by atoms with Crippen LogP contribution >= 0.6 is 11.8 Å². The van der Waals surface area contributed by atoms with Crippen molar-refractivity contribution in [2.45, 2.75) is 11.0 Å². The van der Waals surface area contributed by atoms with Crippen LogP contribution in [0.4, 0.5) is 0 Å². The monoisotopic (exact) mass is 244 g/mol. The summed E-state index contributed by atoms with van der Waals surface area (Å²) in [5.41, 5.74) is 7.55. The number of nitrogens with zero attached hydrogens (tertiary/aromatic N) is 1. The highest BCUT2D eigenvalue weighted by atomic mass is 32.2. The zero-order valence-electron chi connectivity index (χ0n) is 9.22. The molecule has 86 valence electrons. The molecule has 2 aromatic rings. The van der Waals surface area contributed by atoms with Crippen molar-refractivity contribution in [3.63, 3.8) is 0 Å². The first-order valence-electron chi connectivity index (χ1n) is 5.19. The van der Waals surface area contributed by atoms with Crippen molar-refractivity contribution in [3.05, 3.63) is 47.9 Å². The van der Waals surface area contributed by atoms with Crippen molar-refractivity contribution >= 4 is 11.8 Å². The van der Waals surface area contributed by atoms with Gasteiger partial charge in [0.2, 0.25) is 0 Å². The maximum Gasteiger partial charge on any atom is 0.255 e. The van der Waals surface area contributed by atoms with Gasteiger partial charge in [-0.25, -0.2) is 4.98 Å². The third-order valence-electron chi connectivity index (χ3n) is 2.10. The summed E-state index contributed by atoms with van der Waals surface area (Å²) in [5.74, 6) is 6.72. The van der Waals surface area contributed by atoms with Crippen LogP contribution < -0.4 is 5.73 Å². The fourth-order valence-corrected chi connectivity index (χ4v) is 2.13. The van der Waals surface area contributed by atoms with Gasteiger partial charge in [0.25, 0.3) is 5.22 Å². The highest BCUT2D eigenvalue weighted by Gasteiger charge is 2.03. The Bertz CT molecular complexity index is 526. The number of hydrogen-bond donors (Lipinski definition) is 1. The van der Waals surface area contributed by atoms with Gasteiger partial charge in [0.1, 0.15) is 6.26 Å². The molecule has 2 rings (SSSR count). The molecule has 0 amide bonds. The molecule has 0 aliphatic heterocycles. The maximum absolute atomic E-state index is 5.37. The number of oxazole rings is 1. The molecule has 2 N–H and O–H groups in total. The first-order valence-corrected chi connectivity index (χ1v) is 6.18. The molecule has 17 heavy (non-hydrogen) atoms. The minimum absolute atomic E-state index is 0.376. The lowest BCUT2D eigenvalue weighted by Gasteiger charge is -2.01. The molecule has 3 nitrogen and oxygen atoms in total. The van der Waals surface area contributed by atoms with E-state index in [1.807, 2.05) is 18.2 Å². The number of nitrogens with two attached hydrogens (primary N) is 1. The molecule has 1 heterocycles. The largest absolute Gasteiger partial charge is 0.440 e. The van der Waals surface area contributed by atoms with Gasteiger partial charge in [0.05, 0.1) is 12.7 Å². The highest BCUT2D eigenvalue weighted by molar-refractivity contribution is 7.98. The number of hydrogen-bond acceptors (Lipinski definition) is 4. The normalized spacial score (nSPS) is 9.71. The van der Waals surface area contributed by atoms with Gasteiger partial charge in [-0.05, 0) is 11.6 Å². The minimum Gasteiger partial charge on any atom is -0.440 e. The third kappa shape index (κ3) is 3.38. The molecule has 0 saturated heterocycles. The summed E-state index contributed by atoms with van der Waals surface area (Å²) >= 11 is 1.55. The standard InChI is InChI=1S/C13H12N2OS/c14-7-3-6-11-4-1-2-5-12(11)10-17-13-15-8-9-16-13/h1-2,4-5,8-9H,7,10,14H2. The van der Waals surface area contributed by atoms with Crippen LogP contribution in [0.25, 0.3) is 0 Å². The Hall–Kier alpha value is -1.70. The van der Waals surface area contributed by atoms with E-state index in [1.165, 1.54) is 0 Å². The summed E-state index contributed by atoms with van der Waals surface area (Å²) in [7, 11) is 0. The quantitative estimate of drug-likeness (QED) is 0.664. The van der Waals surface area contributed by atoms with Gasteiger partial charge in [0, 0.05) is 11.3 Å². The second kappa shape index (κ2) is 6.14. The minimum atomic E-state index is 0.376. The Morgan fingerprint density at radius 3 is 3.00 bits per heavy atom. The van der Waals surface area contributed by atoms with Crippen LogP contribution in [0.1, 0.15) is 11.1 Å². The van der Waals surface area contributed by atoms with Crippen molar-refractivity contribution in [1.29, 1.82) is 0 Å². The third-order valence-corrected chi connectivity index (χ3v) is 3.01. The first kappa shape index (κ1) is 11.8. The Morgan fingerprint density at radius 1 is 1.35 bits per heavy atom. The Labute approximate surface area is 104 Å². The van der Waals surface area contributed by atoms with E-state index in [0.717, 1.165) is 16.9 Å². The lowest BCUT2D eigenvalue weighted by atomic mass is 10.1. The van der Waals surface area contributed by atoms with E-state index in [4.69, 9.17) is 10.2 Å². The zero-order chi connectivity index (χ0) is 11.9. The molecule has 1 aromatic heterocycles. The fourth-order valence-electron chi connectivity index (χ4n) is 1.34. The van der Waals surface area contributed by atoms with Crippen LogP contribution in [0.5, 0.6) is 0 Å². The molecule has 0 aliphatic rings. The van der Waals surface area contributed by atoms with Crippen LogP contribution in [-0.4, -0.2) is 11.5 Å². The van der Waals surface area contributed by atoms with E-state index in [9.17, 15) is 0 Å². The average molecular weight is 244 g/mol. The van der Waals surface area contributed by atoms with Crippen molar-refractivity contribution in [3.8, 4) is 11.8 Å². The molecule has 0 radical (unpaired) electrons. The molecule has 1 aromatic carbocycles. The Kier molecular flexibility index (Phi) is 4.25. The van der Waals surface area contributed by atoms with Crippen molar-refractivity contribution in [2.24, 2.45) is 5.73 Å². The molecule has 0 atom stereocenters. The molecule has 0 unspecified atom stereocenters. The predicted octanol–water partition coefficient (Wildman–Crippen LogP) is 2.28. The van der Waals surface area contributed by atoms with Crippen molar-refractivity contribution in [1.82, 2.24) is 4.98 Å². The van der Waals surface area contributed by atoms with Crippen LogP contribution in [0.3, 0.4) is 0 Å². The molecule has 0 aliphatic carbocycles. The molecular weight excluding hydrogens is 232 g/mol. The van der Waals surface area contributed by atoms with E-state index in [0.29, 0.717) is 11.8 Å². The van der Waals surface area contributed by atoms with Crippen LogP contribution in [0, 0.1) is 11.8 Å². The topological polar surface area (TPSA) is 52.0 Å². The second-order valence-electron chi connectivity index (χ2n) is 3.25. The van der Waals surface area contributed by atoms with Crippen LogP contribution in [0.15, 0.2) is 46.4 Å². The summed E-state index contributed by atoms with van der Waals surface area (Å²) in [6, 6.07) is 8.02. The average Bonchev–Trinajstić information content (AvgIpc) is 2.88. The van der Waals surface area contributed by atoms with Crippen molar-refractivity contribution in [2.75, 3.05) is 6.54 Å². The van der Waals surface area contributed by atoms with Crippen molar-refractivity contribution < 1.29 is 4.42 Å². The van der Waals surface area contributed by atoms with E-state index in [-0.39, 0.29) is 0 Å². The lowest BCUT2D eigenvalue weighted by molar-refractivity contribution is 0.454. The van der Waals surface area contributed by atoms with E-state index < -0.39 is 0 Å². The Morgan fingerprint density at radius 2 is 2.24 bits per heavy atom. The van der Waals surface area contributed by atoms with Gasteiger partial charge in [-0.3, -0.25) is 0 Å². The summed E-state index contributed by atoms with van der Waals surface area (Å²) in [4.78, 5) is 4.06. The number of rotatable bonds is 3. The maximum atomic E-state index is 5.37. The van der Waals surface area contributed by atoms with Gasteiger partial charge >= 0.3 is 0 Å². The summed E-state index contributed by atoms with van der Waals surface area (Å²) in [5, 5.41) is 0.673. The molecule has 0 saturated carbocycles. The van der Waals surface area contributed by atoms with Crippen LogP contribution in [-0.2, 0) is 5.75 Å². The van der Waals surface area contributed by atoms with Gasteiger partial charge in [0.15, 0.2) is 0 Å². The van der Waals surface area contributed by atoms with E-state index in [2.05, 4.69) is 22.9 Å². The molecular formula is C13H12N2OS. The fraction of sp³-hybridized carbons (Fsp3) is 0.154. The van der Waals surface area contributed by atoms with Gasteiger partial charge in [-0.1, -0.05) is 41.8 Å². The lowest BCUT2D eigenvalue weighted by Crippen LogP contribution is -1.94. The van der Waals surface area contributed by atoms with Gasteiger partial charge in [-0.15, -0.1) is 0 Å². The zero-order valence-corrected chi connectivity index (χ0v) is 10.0. The number of benzene rings is 1. The SMILES string of the molecule is NCC#Cc1ccccc1CSc1ncco1. The summed E-state index contributed by atoms with van der Waals surface area (Å²) < 4.78 is 5.17. The number of aromatic nitrogens is 1. The predicted molar refractivity (Wildman–Crippen MR) is 68.4 cm³/mol. The van der Waals surface area contributed by atoms with Crippen LogP contribution in [0.2, 0.25) is 0 Å². The molecule has 0 spiro atoms. The smallest absolute Gasteiger partial charge is 0.255 e. The summed E-state index contributed by atoms with van der Waals surface area (Å²) in [6.45, 7) is 0.376. The highest BCUT2D eigenvalue weighted by Crippen LogP contribution is 2.22. The molecule has 4 heteroatoms. The van der Waals surface area contributed by atoms with E-state index in [1.54, 1.807) is 24.2 Å². The van der Waals surface area contributed by atoms with E-state index >= 15 is 0 Å². The van der Waals surface area contributed by atoms with Gasteiger partial charge < -0.3 is 10.2 Å². The first-order chi connectivity index (χ1) is 8.40. The molecule has 0 fully saturated rings. The Balaban J connectivity index is 2.09. The van der Waals surface area contributed by atoms with Gasteiger partial charge in [-0.2, -0.15) is 0 Å².